The van der Waals surface area contributed by atoms with E-state index < -0.39 is 25.9 Å². The number of alkyl halides is 2. The van der Waals surface area contributed by atoms with E-state index in [0.717, 1.165) is 6.92 Å². The van der Waals surface area contributed by atoms with Crippen LogP contribution in [-0.2, 0) is 9.84 Å². The lowest BCUT2D eigenvalue weighted by atomic mass is 9.41. The molecule has 18 heavy (non-hydrogen) atoms. The van der Waals surface area contributed by atoms with Crippen molar-refractivity contribution < 1.29 is 17.2 Å². The van der Waals surface area contributed by atoms with Crippen molar-refractivity contribution in [1.29, 1.82) is 0 Å². The van der Waals surface area contributed by atoms with Crippen LogP contribution >= 0.6 is 0 Å². The molecule has 1 heterocycles. The Kier molecular flexibility index (Phi) is 2.07. The second-order valence-corrected chi connectivity index (χ2v) is 7.84. The zero-order chi connectivity index (χ0) is 13.2. The molecule has 2 bridgehead atoms. The predicted molar refractivity (Wildman–Crippen MR) is 61.1 cm³/mol. The molecule has 3 saturated carbocycles. The summed E-state index contributed by atoms with van der Waals surface area (Å²) in [5, 5.41) is -0.00211. The highest BCUT2D eigenvalue weighted by Crippen LogP contribution is 2.76. The van der Waals surface area contributed by atoms with Gasteiger partial charge in [0.25, 0.3) is 5.92 Å². The molecule has 0 unspecified atom stereocenters. The lowest BCUT2D eigenvalue weighted by molar-refractivity contribution is -0.240. The Morgan fingerprint density at radius 2 is 1.89 bits per heavy atom. The summed E-state index contributed by atoms with van der Waals surface area (Å²) in [7, 11) is -3.58. The number of nitrogens with zero attached hydrogens (tertiary/aromatic N) is 1. The first-order valence-corrected chi connectivity index (χ1v) is 7.24. The summed E-state index contributed by atoms with van der Waals surface area (Å²) < 4.78 is 50.4. The quantitative estimate of drug-likeness (QED) is 0.849. The predicted octanol–water partition coefficient (Wildman–Crippen LogP) is 2.43. The van der Waals surface area contributed by atoms with Gasteiger partial charge in [-0.05, 0) is 38.3 Å². The van der Waals surface area contributed by atoms with E-state index in [1.54, 1.807) is 12.1 Å². The Balaban J connectivity index is 1.89. The zero-order valence-corrected chi connectivity index (χ0v) is 10.7. The van der Waals surface area contributed by atoms with Crippen LogP contribution in [0.1, 0.15) is 26.2 Å². The summed E-state index contributed by atoms with van der Waals surface area (Å²) in [5.74, 6) is -2.80. The van der Waals surface area contributed by atoms with Crippen molar-refractivity contribution in [2.24, 2.45) is 5.41 Å². The van der Waals surface area contributed by atoms with Crippen molar-refractivity contribution in [3.8, 4) is 0 Å². The molecule has 0 amide bonds. The highest BCUT2D eigenvalue weighted by atomic mass is 32.2. The van der Waals surface area contributed by atoms with E-state index in [2.05, 4.69) is 4.98 Å². The molecule has 1 aromatic heterocycles. The SMILES string of the molecule is CC(F)(F)C12CC(S(=O)(=O)c3ccccn3)(C1)C2. The minimum Gasteiger partial charge on any atom is -0.245 e. The van der Waals surface area contributed by atoms with Crippen molar-refractivity contribution in [1.82, 2.24) is 4.98 Å². The molecule has 98 valence electrons. The average Bonchev–Trinajstić information content (AvgIpc) is 2.11. The number of sulfone groups is 1. The molecule has 0 spiro atoms. The molecule has 0 radical (unpaired) electrons. The Bertz CT molecular complexity index is 572. The maximum Gasteiger partial charge on any atom is 0.251 e. The molecule has 3 aliphatic rings. The fraction of sp³-hybridized carbons (Fsp3) is 0.583. The monoisotopic (exact) mass is 273 g/mol. The fourth-order valence-electron chi connectivity index (χ4n) is 3.17. The molecule has 0 aliphatic heterocycles. The van der Waals surface area contributed by atoms with Crippen LogP contribution in [0.2, 0.25) is 0 Å². The van der Waals surface area contributed by atoms with Crippen LogP contribution < -0.4 is 0 Å². The van der Waals surface area contributed by atoms with Gasteiger partial charge in [0.05, 0.1) is 4.75 Å². The normalized spacial score (nSPS) is 34.6. The topological polar surface area (TPSA) is 47.0 Å². The van der Waals surface area contributed by atoms with Crippen molar-refractivity contribution in [3.63, 3.8) is 0 Å². The first-order chi connectivity index (χ1) is 8.23. The number of aromatic nitrogens is 1. The second kappa shape index (κ2) is 3.10. The molecule has 0 aromatic carbocycles. The van der Waals surface area contributed by atoms with Crippen molar-refractivity contribution in [2.75, 3.05) is 0 Å². The van der Waals surface area contributed by atoms with E-state index in [1.165, 1.54) is 12.3 Å². The summed E-state index contributed by atoms with van der Waals surface area (Å²) in [6.45, 7) is 0.878. The number of pyridine rings is 1. The highest BCUT2D eigenvalue weighted by Gasteiger charge is 2.80. The standard InChI is InChI=1S/C12H13F2NO2S/c1-10(13,14)11-6-12(7-11,8-11)18(16,17)9-4-2-3-5-15-9/h2-5H,6-8H2,1H3. The van der Waals surface area contributed by atoms with Crippen LogP contribution in [0, 0.1) is 5.41 Å². The van der Waals surface area contributed by atoms with Gasteiger partial charge in [-0.25, -0.2) is 22.2 Å². The summed E-state index contributed by atoms with van der Waals surface area (Å²) in [4.78, 5) is 3.83. The van der Waals surface area contributed by atoms with E-state index in [9.17, 15) is 17.2 Å². The third-order valence-electron chi connectivity index (χ3n) is 4.40. The van der Waals surface area contributed by atoms with Gasteiger partial charge >= 0.3 is 0 Å². The van der Waals surface area contributed by atoms with Gasteiger partial charge in [0.2, 0.25) is 9.84 Å². The van der Waals surface area contributed by atoms with Crippen molar-refractivity contribution in [3.05, 3.63) is 24.4 Å². The third-order valence-corrected chi connectivity index (χ3v) is 6.76. The number of hydrogen-bond donors (Lipinski definition) is 0. The van der Waals surface area contributed by atoms with Gasteiger partial charge in [-0.3, -0.25) is 0 Å². The van der Waals surface area contributed by atoms with Crippen LogP contribution in [0.15, 0.2) is 29.4 Å². The van der Waals surface area contributed by atoms with Crippen LogP contribution in [-0.4, -0.2) is 24.1 Å². The first-order valence-electron chi connectivity index (χ1n) is 5.76. The summed E-state index contributed by atoms with van der Waals surface area (Å²) >= 11 is 0. The van der Waals surface area contributed by atoms with Crippen LogP contribution in [0.5, 0.6) is 0 Å². The second-order valence-electron chi connectivity index (χ2n) is 5.55. The molecule has 0 saturated heterocycles. The van der Waals surface area contributed by atoms with Crippen molar-refractivity contribution in [2.45, 2.75) is 41.9 Å². The van der Waals surface area contributed by atoms with Gasteiger partial charge in [-0.15, -0.1) is 0 Å². The minimum atomic E-state index is -3.58. The molecule has 3 nitrogen and oxygen atoms in total. The molecule has 4 rings (SSSR count). The molecule has 3 aliphatic carbocycles. The van der Waals surface area contributed by atoms with E-state index in [4.69, 9.17) is 0 Å². The zero-order valence-electron chi connectivity index (χ0n) is 9.86. The lowest BCUT2D eigenvalue weighted by Crippen LogP contribution is -2.75. The maximum absolute atomic E-state index is 13.3. The molecule has 3 fully saturated rings. The number of halogens is 2. The van der Waals surface area contributed by atoms with Crippen molar-refractivity contribution >= 4 is 9.84 Å². The van der Waals surface area contributed by atoms with Crippen LogP contribution in [0.4, 0.5) is 8.78 Å². The lowest BCUT2D eigenvalue weighted by Gasteiger charge is -2.70. The van der Waals surface area contributed by atoms with Gasteiger partial charge in [0.1, 0.15) is 0 Å². The number of hydrogen-bond acceptors (Lipinski definition) is 3. The largest absolute Gasteiger partial charge is 0.251 e. The van der Waals surface area contributed by atoms with E-state index >= 15 is 0 Å². The summed E-state index contributed by atoms with van der Waals surface area (Å²) in [6.07, 6.45) is 1.58. The van der Waals surface area contributed by atoms with Gasteiger partial charge in [0.15, 0.2) is 5.03 Å². The minimum absolute atomic E-state index is 0.00211. The first kappa shape index (κ1) is 12.0. The Morgan fingerprint density at radius 1 is 1.28 bits per heavy atom. The molecule has 0 atom stereocenters. The summed E-state index contributed by atoms with van der Waals surface area (Å²) in [6, 6.07) is 4.64. The summed E-state index contributed by atoms with van der Waals surface area (Å²) in [5.41, 5.74) is -1.09. The van der Waals surface area contributed by atoms with E-state index in [1.807, 2.05) is 0 Å². The van der Waals surface area contributed by atoms with Gasteiger partial charge < -0.3 is 0 Å². The average molecular weight is 273 g/mol. The fourth-order valence-corrected chi connectivity index (χ4v) is 5.47. The maximum atomic E-state index is 13.3. The third kappa shape index (κ3) is 1.22. The van der Waals surface area contributed by atoms with Gasteiger partial charge in [0, 0.05) is 11.6 Å². The highest BCUT2D eigenvalue weighted by molar-refractivity contribution is 7.93. The molecule has 0 N–H and O–H groups in total. The molecule has 6 heteroatoms. The molecular formula is C12H13F2NO2S. The Morgan fingerprint density at radius 3 is 2.33 bits per heavy atom. The van der Waals surface area contributed by atoms with Gasteiger partial charge in [-0.1, -0.05) is 6.07 Å². The van der Waals surface area contributed by atoms with E-state index in [0.29, 0.717) is 0 Å². The Labute approximate surface area is 104 Å². The number of rotatable bonds is 3. The Hall–Kier alpha value is -1.04. The smallest absolute Gasteiger partial charge is 0.245 e. The molecule has 1 aromatic rings. The molecular weight excluding hydrogens is 260 g/mol. The van der Waals surface area contributed by atoms with E-state index in [-0.39, 0.29) is 24.3 Å². The van der Waals surface area contributed by atoms with Crippen LogP contribution in [0.25, 0.3) is 0 Å². The van der Waals surface area contributed by atoms with Crippen LogP contribution in [0.3, 0.4) is 0 Å². The van der Waals surface area contributed by atoms with Gasteiger partial charge in [-0.2, -0.15) is 0 Å².